The molecule has 0 saturated carbocycles. The van der Waals surface area contributed by atoms with Gasteiger partial charge >= 0.3 is 0 Å². The Kier molecular flexibility index (Phi) is 13.7. The van der Waals surface area contributed by atoms with Crippen molar-refractivity contribution in [3.8, 4) is 0 Å². The van der Waals surface area contributed by atoms with Gasteiger partial charge in [0.2, 0.25) is 0 Å². The first-order valence-corrected chi connectivity index (χ1v) is 18.9. The maximum absolute atomic E-state index is 5.02. The van der Waals surface area contributed by atoms with Gasteiger partial charge in [-0.2, -0.15) is 0 Å². The van der Waals surface area contributed by atoms with E-state index in [9.17, 15) is 0 Å². The monoisotopic (exact) mass is 654 g/mol. The minimum absolute atomic E-state index is 0.963. The van der Waals surface area contributed by atoms with E-state index in [1.165, 1.54) is 89.6 Å². The fraction of sp³-hybridized carbons (Fsp3) is 0.426. The second-order valence-electron chi connectivity index (χ2n) is 14.1. The van der Waals surface area contributed by atoms with E-state index in [2.05, 4.69) is 134 Å². The molecule has 4 aromatic rings. The first kappa shape index (κ1) is 37.9. The molecule has 0 radical (unpaired) electrons. The molecule has 0 fully saturated rings. The predicted octanol–water partition coefficient (Wildman–Crippen LogP) is 13.9. The van der Waals surface area contributed by atoms with Crippen molar-refractivity contribution >= 4 is 38.5 Å². The topological polar surface area (TPSA) is 17.3 Å². The molecule has 1 heterocycles. The van der Waals surface area contributed by atoms with Gasteiger partial charge in [0.15, 0.2) is 0 Å². The van der Waals surface area contributed by atoms with Gasteiger partial charge in [-0.3, -0.25) is 4.99 Å². The van der Waals surface area contributed by atoms with Gasteiger partial charge < -0.3 is 4.57 Å². The Morgan fingerprint density at radius 1 is 0.878 bits per heavy atom. The van der Waals surface area contributed by atoms with Crippen LogP contribution in [0.15, 0.2) is 89.0 Å². The highest BCUT2D eigenvalue weighted by molar-refractivity contribution is 6.28. The van der Waals surface area contributed by atoms with Crippen molar-refractivity contribution in [3.63, 3.8) is 0 Å². The maximum Gasteiger partial charge on any atom is 0.0494 e. The quantitative estimate of drug-likeness (QED) is 0.0845. The Labute approximate surface area is 298 Å². The van der Waals surface area contributed by atoms with Crippen LogP contribution < -0.4 is 0 Å². The fourth-order valence-electron chi connectivity index (χ4n) is 7.69. The summed E-state index contributed by atoms with van der Waals surface area (Å²) in [7, 11) is 1.99. The molecule has 1 aromatic heterocycles. The lowest BCUT2D eigenvalue weighted by Gasteiger charge is -2.19. The zero-order valence-electron chi connectivity index (χ0n) is 32.4. The van der Waals surface area contributed by atoms with E-state index < -0.39 is 0 Å². The molecule has 0 aliphatic rings. The third-order valence-corrected chi connectivity index (χ3v) is 10.5. The van der Waals surface area contributed by atoms with Gasteiger partial charge in [0.1, 0.15) is 0 Å². The summed E-state index contributed by atoms with van der Waals surface area (Å²) in [6.07, 6.45) is 14.5. The molecule has 260 valence electrons. The van der Waals surface area contributed by atoms with Crippen molar-refractivity contribution in [2.75, 3.05) is 7.05 Å². The van der Waals surface area contributed by atoms with Gasteiger partial charge in [0.25, 0.3) is 0 Å². The summed E-state index contributed by atoms with van der Waals surface area (Å²) < 4.78 is 2.53. The highest BCUT2D eigenvalue weighted by Gasteiger charge is 2.23. The van der Waals surface area contributed by atoms with E-state index in [1.807, 2.05) is 7.05 Å². The number of hydrogen-bond donors (Lipinski definition) is 0. The average Bonchev–Trinajstić information content (AvgIpc) is 3.39. The van der Waals surface area contributed by atoms with Crippen molar-refractivity contribution in [2.45, 2.75) is 127 Å². The molecule has 4 rings (SSSR count). The smallest absolute Gasteiger partial charge is 0.0494 e. The molecule has 0 N–H and O–H groups in total. The molecule has 0 unspecified atom stereocenters. The van der Waals surface area contributed by atoms with Crippen LogP contribution in [0.3, 0.4) is 0 Å². The van der Waals surface area contributed by atoms with Gasteiger partial charge in [-0.1, -0.05) is 105 Å². The number of nitrogens with zero attached hydrogens (tertiary/aromatic N) is 2. The third kappa shape index (κ3) is 8.64. The van der Waals surface area contributed by atoms with E-state index >= 15 is 0 Å². The van der Waals surface area contributed by atoms with Gasteiger partial charge in [0.05, 0.1) is 0 Å². The number of benzene rings is 3. The van der Waals surface area contributed by atoms with Crippen LogP contribution in [0.4, 0.5) is 0 Å². The van der Waals surface area contributed by atoms with Gasteiger partial charge in [-0.25, -0.2) is 0 Å². The number of aliphatic imine (C=N–C) groups is 1. The van der Waals surface area contributed by atoms with Crippen molar-refractivity contribution in [1.29, 1.82) is 0 Å². The minimum Gasteiger partial charge on any atom is -0.341 e. The van der Waals surface area contributed by atoms with Crippen molar-refractivity contribution < 1.29 is 0 Å². The van der Waals surface area contributed by atoms with Crippen molar-refractivity contribution in [2.24, 2.45) is 4.99 Å². The minimum atomic E-state index is 0.963. The van der Waals surface area contributed by atoms with E-state index in [-0.39, 0.29) is 0 Å². The zero-order valence-corrected chi connectivity index (χ0v) is 32.4. The highest BCUT2D eigenvalue weighted by Crippen LogP contribution is 2.39. The normalized spacial score (nSPS) is 13.5. The van der Waals surface area contributed by atoms with Crippen LogP contribution in [0.5, 0.6) is 0 Å². The molecule has 3 aromatic carbocycles. The summed E-state index contributed by atoms with van der Waals surface area (Å²) in [6.45, 7) is 25.8. The van der Waals surface area contributed by atoms with E-state index in [0.717, 1.165) is 63.5 Å². The number of hydrogen-bond acceptors (Lipinski definition) is 1. The largest absolute Gasteiger partial charge is 0.341 e. The maximum atomic E-state index is 5.02. The lowest BCUT2D eigenvalue weighted by atomic mass is 9.86. The number of rotatable bonds is 16. The number of fused-ring (bicyclic) bond motifs is 2. The molecular weight excluding hydrogens is 593 g/mol. The molecule has 0 amide bonds. The fourth-order valence-corrected chi connectivity index (χ4v) is 7.69. The van der Waals surface area contributed by atoms with Crippen LogP contribution in [0.1, 0.15) is 126 Å². The van der Waals surface area contributed by atoms with Crippen LogP contribution in [0.2, 0.25) is 0 Å². The summed E-state index contributed by atoms with van der Waals surface area (Å²) >= 11 is 0. The summed E-state index contributed by atoms with van der Waals surface area (Å²) in [5.41, 5.74) is 17.6. The molecule has 2 nitrogen and oxygen atoms in total. The van der Waals surface area contributed by atoms with Crippen molar-refractivity contribution in [1.82, 2.24) is 4.57 Å². The summed E-state index contributed by atoms with van der Waals surface area (Å²) in [5, 5.41) is 4.09. The van der Waals surface area contributed by atoms with Gasteiger partial charge in [-0.05, 0) is 143 Å². The van der Waals surface area contributed by atoms with E-state index in [4.69, 9.17) is 4.99 Å². The molecule has 0 saturated heterocycles. The third-order valence-electron chi connectivity index (χ3n) is 10.5. The standard InChI is InChI=1S/C47H62N2/c1-12-16-28-49-43-27-24-34(8)45(46(43)36(10)47(49)32(5)6)44(33(7)13-2)42(48-11)23-19-20-37(14-3)30-38(15-4)25-26-39-29-35(9)41-22-18-17-21-40(41)31-39/h14,17-18,21-22,24,27,29-31H,5,12-13,15-16,19-20,23,25-26,28H2,1-4,6-11H3/b37-14-,38-30+,44-33+,48-42?. The van der Waals surface area contributed by atoms with Gasteiger partial charge in [0, 0.05) is 41.5 Å². The van der Waals surface area contributed by atoms with Crippen LogP contribution >= 0.6 is 0 Å². The van der Waals surface area contributed by atoms with Crippen LogP contribution in [0, 0.1) is 20.8 Å². The number of allylic oxidation sites excluding steroid dienone is 7. The predicted molar refractivity (Wildman–Crippen MR) is 220 cm³/mol. The zero-order chi connectivity index (χ0) is 35.7. The Hall–Kier alpha value is -3.91. The Balaban J connectivity index is 1.58. The molecular formula is C47H62N2. The number of aromatic nitrogens is 1. The Morgan fingerprint density at radius 3 is 2.29 bits per heavy atom. The lowest BCUT2D eigenvalue weighted by Crippen LogP contribution is -2.08. The van der Waals surface area contributed by atoms with Gasteiger partial charge in [-0.15, -0.1) is 0 Å². The average molecular weight is 655 g/mol. The summed E-state index contributed by atoms with van der Waals surface area (Å²) in [5.74, 6) is 0. The van der Waals surface area contributed by atoms with Crippen LogP contribution in [0.25, 0.3) is 32.8 Å². The molecule has 0 aliphatic heterocycles. The Bertz CT molecular complexity index is 1920. The first-order chi connectivity index (χ1) is 23.6. The number of unbranched alkanes of at least 4 members (excludes halogenated alkanes) is 1. The number of aryl methyl sites for hydroxylation is 5. The molecule has 0 atom stereocenters. The van der Waals surface area contributed by atoms with E-state index in [1.54, 1.807) is 0 Å². The molecule has 0 aliphatic carbocycles. The summed E-state index contributed by atoms with van der Waals surface area (Å²) in [4.78, 5) is 5.02. The highest BCUT2D eigenvalue weighted by atomic mass is 15.0. The SMILES string of the molecule is C=C(C)c1c(C)c2c(/C(C(CCCC(=C/C)/C=C(\CC)CCc3cc(C)c4ccccc4c3)=NC)=C(\C)CC)c(C)ccc2n1CCCC. The summed E-state index contributed by atoms with van der Waals surface area (Å²) in [6, 6.07) is 18.2. The van der Waals surface area contributed by atoms with E-state index in [0.29, 0.717) is 0 Å². The second kappa shape index (κ2) is 17.7. The lowest BCUT2D eigenvalue weighted by molar-refractivity contribution is 0.644. The molecule has 2 heteroatoms. The second-order valence-corrected chi connectivity index (χ2v) is 14.1. The first-order valence-electron chi connectivity index (χ1n) is 18.9. The molecule has 49 heavy (non-hydrogen) atoms. The molecule has 0 spiro atoms. The Morgan fingerprint density at radius 2 is 1.63 bits per heavy atom. The molecule has 0 bridgehead atoms. The van der Waals surface area contributed by atoms with Crippen LogP contribution in [-0.4, -0.2) is 17.3 Å². The van der Waals surface area contributed by atoms with Crippen LogP contribution in [-0.2, 0) is 13.0 Å². The van der Waals surface area contributed by atoms with Crippen molar-refractivity contribution in [3.05, 3.63) is 117 Å².